The Hall–Kier alpha value is -0.830. The summed E-state index contributed by atoms with van der Waals surface area (Å²) >= 11 is 3.45. The van der Waals surface area contributed by atoms with Crippen molar-refractivity contribution in [2.45, 2.75) is 6.92 Å². The quantitative estimate of drug-likeness (QED) is 0.858. The fraction of sp³-hybridized carbons (Fsp3) is 0.143. The van der Waals surface area contributed by atoms with Crippen LogP contribution in [0.5, 0.6) is 0 Å². The van der Waals surface area contributed by atoms with Crippen LogP contribution >= 0.6 is 34.1 Å². The van der Waals surface area contributed by atoms with Gasteiger partial charge < -0.3 is 0 Å². The van der Waals surface area contributed by atoms with E-state index in [0.29, 0.717) is 11.1 Å². The van der Waals surface area contributed by atoms with Crippen molar-refractivity contribution in [3.8, 4) is 0 Å². The molecule has 0 aromatic carbocycles. The fourth-order valence-corrected chi connectivity index (χ4v) is 1.67. The number of hydrogen-bond acceptors (Lipinski definition) is 6. The molecule has 0 amide bonds. The zero-order valence-corrected chi connectivity index (χ0v) is 10.2. The van der Waals surface area contributed by atoms with Crippen molar-refractivity contribution in [1.29, 1.82) is 0 Å². The SMILES string of the molecule is Cc1nsc(Nc2ncc(I)cn2)n1. The summed E-state index contributed by atoms with van der Waals surface area (Å²) in [5, 5.41) is 3.68. The van der Waals surface area contributed by atoms with Gasteiger partial charge in [0, 0.05) is 27.5 Å². The summed E-state index contributed by atoms with van der Waals surface area (Å²) in [4.78, 5) is 12.3. The Labute approximate surface area is 98.3 Å². The minimum Gasteiger partial charge on any atom is -0.299 e. The van der Waals surface area contributed by atoms with Gasteiger partial charge in [0.05, 0.1) is 0 Å². The molecule has 0 spiro atoms. The molecule has 7 heteroatoms. The zero-order chi connectivity index (χ0) is 9.97. The number of nitrogens with one attached hydrogen (secondary N) is 1. The Morgan fingerprint density at radius 2 is 2.07 bits per heavy atom. The fourth-order valence-electron chi connectivity index (χ4n) is 0.820. The van der Waals surface area contributed by atoms with Gasteiger partial charge in [-0.1, -0.05) is 0 Å². The van der Waals surface area contributed by atoms with Crippen LogP contribution < -0.4 is 5.32 Å². The molecule has 0 saturated carbocycles. The van der Waals surface area contributed by atoms with Crippen molar-refractivity contribution >= 4 is 45.2 Å². The molecule has 0 aliphatic carbocycles. The summed E-state index contributed by atoms with van der Waals surface area (Å²) in [7, 11) is 0. The Balaban J connectivity index is 2.15. The smallest absolute Gasteiger partial charge is 0.229 e. The van der Waals surface area contributed by atoms with Gasteiger partial charge in [0.25, 0.3) is 0 Å². The molecule has 0 aliphatic rings. The Kier molecular flexibility index (Phi) is 2.87. The lowest BCUT2D eigenvalue weighted by Crippen LogP contribution is -1.96. The lowest BCUT2D eigenvalue weighted by Gasteiger charge is -1.98. The van der Waals surface area contributed by atoms with Crippen molar-refractivity contribution in [3.05, 3.63) is 21.8 Å². The lowest BCUT2D eigenvalue weighted by molar-refractivity contribution is 1.12. The van der Waals surface area contributed by atoms with E-state index in [1.807, 2.05) is 6.92 Å². The first-order valence-electron chi connectivity index (χ1n) is 3.79. The van der Waals surface area contributed by atoms with Crippen LogP contribution in [0.25, 0.3) is 0 Å². The Morgan fingerprint density at radius 3 is 2.64 bits per heavy atom. The Morgan fingerprint density at radius 1 is 1.36 bits per heavy atom. The maximum absolute atomic E-state index is 4.14. The first-order chi connectivity index (χ1) is 6.74. The highest BCUT2D eigenvalue weighted by molar-refractivity contribution is 14.1. The largest absolute Gasteiger partial charge is 0.299 e. The van der Waals surface area contributed by atoms with Crippen LogP contribution in [0.3, 0.4) is 0 Å². The first kappa shape index (κ1) is 9.71. The van der Waals surface area contributed by atoms with E-state index in [4.69, 9.17) is 0 Å². The van der Waals surface area contributed by atoms with Crippen LogP contribution in [0.2, 0.25) is 0 Å². The summed E-state index contributed by atoms with van der Waals surface area (Å²) in [5.74, 6) is 1.30. The van der Waals surface area contributed by atoms with Gasteiger partial charge in [-0.25, -0.2) is 15.0 Å². The molecule has 14 heavy (non-hydrogen) atoms. The van der Waals surface area contributed by atoms with E-state index < -0.39 is 0 Å². The Bertz CT molecular complexity index is 426. The second-order valence-corrected chi connectivity index (χ2v) is 4.49. The van der Waals surface area contributed by atoms with Gasteiger partial charge in [-0.15, -0.1) is 0 Å². The topological polar surface area (TPSA) is 63.6 Å². The average Bonchev–Trinajstić information content (AvgIpc) is 2.56. The molecule has 2 rings (SSSR count). The molecular formula is C7H6IN5S. The van der Waals surface area contributed by atoms with Gasteiger partial charge in [-0.3, -0.25) is 5.32 Å². The summed E-state index contributed by atoms with van der Waals surface area (Å²) in [6.07, 6.45) is 3.48. The summed E-state index contributed by atoms with van der Waals surface area (Å²) in [6.45, 7) is 1.84. The molecule has 0 radical (unpaired) electrons. The standard InChI is InChI=1S/C7H6IN5S/c1-4-11-7(14-13-4)12-6-9-2-5(8)3-10-6/h2-3H,1H3,(H,9,10,11,12,13). The van der Waals surface area contributed by atoms with Crippen molar-refractivity contribution in [3.63, 3.8) is 0 Å². The van der Waals surface area contributed by atoms with Gasteiger partial charge >= 0.3 is 0 Å². The molecule has 0 fully saturated rings. The van der Waals surface area contributed by atoms with Gasteiger partial charge in [0.2, 0.25) is 11.1 Å². The minimum absolute atomic E-state index is 0.543. The minimum atomic E-state index is 0.543. The molecule has 0 saturated heterocycles. The van der Waals surface area contributed by atoms with Crippen LogP contribution in [0.15, 0.2) is 12.4 Å². The van der Waals surface area contributed by atoms with Crippen molar-refractivity contribution < 1.29 is 0 Å². The van der Waals surface area contributed by atoms with E-state index in [1.54, 1.807) is 12.4 Å². The lowest BCUT2D eigenvalue weighted by atomic mass is 10.7. The van der Waals surface area contributed by atoms with Crippen molar-refractivity contribution in [1.82, 2.24) is 19.3 Å². The molecular weight excluding hydrogens is 313 g/mol. The van der Waals surface area contributed by atoms with Crippen LogP contribution in [0.4, 0.5) is 11.1 Å². The predicted molar refractivity (Wildman–Crippen MR) is 62.7 cm³/mol. The van der Waals surface area contributed by atoms with Crippen LogP contribution in [-0.2, 0) is 0 Å². The highest BCUT2D eigenvalue weighted by atomic mass is 127. The predicted octanol–water partition coefficient (Wildman–Crippen LogP) is 1.98. The average molecular weight is 319 g/mol. The summed E-state index contributed by atoms with van der Waals surface area (Å²) in [6, 6.07) is 0. The number of aryl methyl sites for hydroxylation is 1. The van der Waals surface area contributed by atoms with Gasteiger partial charge in [-0.2, -0.15) is 4.37 Å². The van der Waals surface area contributed by atoms with Gasteiger partial charge in [-0.05, 0) is 29.5 Å². The number of hydrogen-bond donors (Lipinski definition) is 1. The van der Waals surface area contributed by atoms with E-state index in [9.17, 15) is 0 Å². The third-order valence-corrected chi connectivity index (χ3v) is 2.65. The number of halogens is 1. The molecule has 0 atom stereocenters. The molecule has 1 N–H and O–H groups in total. The molecule has 2 aromatic rings. The molecule has 72 valence electrons. The van der Waals surface area contributed by atoms with E-state index in [-0.39, 0.29) is 0 Å². The maximum Gasteiger partial charge on any atom is 0.229 e. The summed E-state index contributed by atoms with van der Waals surface area (Å²) < 4.78 is 5.04. The van der Waals surface area contributed by atoms with Crippen molar-refractivity contribution in [2.75, 3.05) is 5.32 Å². The second kappa shape index (κ2) is 4.13. The zero-order valence-electron chi connectivity index (χ0n) is 7.23. The third-order valence-electron chi connectivity index (χ3n) is 1.37. The van der Waals surface area contributed by atoms with Gasteiger partial charge in [0.1, 0.15) is 5.82 Å². The number of aromatic nitrogens is 4. The molecule has 0 unspecified atom stereocenters. The third kappa shape index (κ3) is 2.35. The number of nitrogens with zero attached hydrogens (tertiary/aromatic N) is 4. The van der Waals surface area contributed by atoms with E-state index in [0.717, 1.165) is 9.39 Å². The monoisotopic (exact) mass is 319 g/mol. The normalized spacial score (nSPS) is 10.1. The highest BCUT2D eigenvalue weighted by Crippen LogP contribution is 2.14. The molecule has 2 aromatic heterocycles. The van der Waals surface area contributed by atoms with E-state index in [2.05, 4.69) is 47.2 Å². The molecule has 2 heterocycles. The molecule has 5 nitrogen and oxygen atoms in total. The molecule has 0 aliphatic heterocycles. The first-order valence-corrected chi connectivity index (χ1v) is 5.64. The number of rotatable bonds is 2. The number of anilines is 2. The summed E-state index contributed by atoms with van der Waals surface area (Å²) in [5.41, 5.74) is 0. The van der Waals surface area contributed by atoms with Crippen molar-refractivity contribution in [2.24, 2.45) is 0 Å². The van der Waals surface area contributed by atoms with E-state index >= 15 is 0 Å². The van der Waals surface area contributed by atoms with E-state index in [1.165, 1.54) is 11.5 Å². The maximum atomic E-state index is 4.14. The van der Waals surface area contributed by atoms with Crippen LogP contribution in [-0.4, -0.2) is 19.3 Å². The van der Waals surface area contributed by atoms with Gasteiger partial charge in [0.15, 0.2) is 0 Å². The second-order valence-electron chi connectivity index (χ2n) is 2.50. The highest BCUT2D eigenvalue weighted by Gasteiger charge is 2.01. The van der Waals surface area contributed by atoms with Crippen LogP contribution in [0.1, 0.15) is 5.82 Å². The van der Waals surface area contributed by atoms with Crippen LogP contribution in [0, 0.1) is 10.5 Å². The molecule has 0 bridgehead atoms.